The Morgan fingerprint density at radius 2 is 2.00 bits per heavy atom. The normalized spacial score (nSPS) is 13.0. The fraction of sp³-hybridized carbons (Fsp3) is 0.400. The van der Waals surface area contributed by atoms with Crippen LogP contribution in [0.5, 0.6) is 0 Å². The molecule has 1 aromatic carbocycles. The Hall–Kier alpha value is -2.35. The molecule has 0 aromatic heterocycles. The molecule has 1 aromatic rings. The minimum atomic E-state index is -0.794. The Kier molecular flexibility index (Phi) is 6.24. The van der Waals surface area contributed by atoms with Crippen LogP contribution >= 0.6 is 0 Å². The third-order valence-corrected chi connectivity index (χ3v) is 3.09. The summed E-state index contributed by atoms with van der Waals surface area (Å²) in [5, 5.41) is 11.2. The number of rotatable bonds is 7. The van der Waals surface area contributed by atoms with Crippen molar-refractivity contribution in [2.24, 2.45) is 11.7 Å². The molecule has 0 radical (unpaired) electrons. The van der Waals surface area contributed by atoms with Crippen molar-refractivity contribution in [3.05, 3.63) is 35.9 Å². The van der Waals surface area contributed by atoms with Crippen LogP contribution in [0.25, 0.3) is 0 Å². The summed E-state index contributed by atoms with van der Waals surface area (Å²) in [4.78, 5) is 23.2. The molecule has 0 aliphatic carbocycles. The molecule has 3 N–H and O–H groups in total. The lowest BCUT2D eigenvalue weighted by molar-refractivity contribution is -0.128. The van der Waals surface area contributed by atoms with Gasteiger partial charge in [0.2, 0.25) is 11.8 Å². The van der Waals surface area contributed by atoms with Crippen molar-refractivity contribution in [1.82, 2.24) is 5.32 Å². The third kappa shape index (κ3) is 5.11. The van der Waals surface area contributed by atoms with Gasteiger partial charge in [-0.1, -0.05) is 37.3 Å². The molecule has 0 spiro atoms. The zero-order chi connectivity index (χ0) is 15.0. The van der Waals surface area contributed by atoms with Crippen LogP contribution in [0.2, 0.25) is 0 Å². The van der Waals surface area contributed by atoms with Crippen molar-refractivity contribution >= 4 is 11.8 Å². The minimum Gasteiger partial charge on any atom is -0.368 e. The second kappa shape index (κ2) is 7.95. The van der Waals surface area contributed by atoms with E-state index in [0.29, 0.717) is 6.42 Å². The van der Waals surface area contributed by atoms with Crippen molar-refractivity contribution in [3.8, 4) is 6.07 Å². The van der Waals surface area contributed by atoms with E-state index in [1.165, 1.54) is 0 Å². The highest BCUT2D eigenvalue weighted by atomic mass is 16.2. The van der Waals surface area contributed by atoms with Gasteiger partial charge in [-0.05, 0) is 17.9 Å². The quantitative estimate of drug-likeness (QED) is 0.779. The smallest absolute Gasteiger partial charge is 0.240 e. The first-order valence-electron chi connectivity index (χ1n) is 6.54. The van der Waals surface area contributed by atoms with Crippen LogP contribution < -0.4 is 11.1 Å². The average Bonchev–Trinajstić information content (AvgIpc) is 2.43. The molecule has 0 unspecified atom stereocenters. The molecule has 0 aliphatic rings. The number of carbonyl (C=O) groups excluding carboxylic acids is 2. The second-order valence-corrected chi connectivity index (χ2v) is 4.77. The molecule has 0 saturated heterocycles. The van der Waals surface area contributed by atoms with Gasteiger partial charge in [0.1, 0.15) is 6.04 Å². The molecule has 5 heteroatoms. The van der Waals surface area contributed by atoms with Gasteiger partial charge in [0.05, 0.1) is 6.07 Å². The number of nitrogens with one attached hydrogen (secondary N) is 1. The van der Waals surface area contributed by atoms with Crippen LogP contribution in [0.3, 0.4) is 0 Å². The summed E-state index contributed by atoms with van der Waals surface area (Å²) in [6.45, 7) is 1.72. The number of amides is 2. The number of nitrogens with zero attached hydrogens (tertiary/aromatic N) is 1. The fourth-order valence-electron chi connectivity index (χ4n) is 1.90. The van der Waals surface area contributed by atoms with Crippen LogP contribution in [0.1, 0.15) is 25.3 Å². The largest absolute Gasteiger partial charge is 0.368 e. The Morgan fingerprint density at radius 3 is 2.55 bits per heavy atom. The van der Waals surface area contributed by atoms with Crippen molar-refractivity contribution in [3.63, 3.8) is 0 Å². The SMILES string of the molecule is C[C@H](CC#N)[C@@H](NC(=O)CCc1ccccc1)C(N)=O. The molecule has 1 rings (SSSR count). The van der Waals surface area contributed by atoms with E-state index in [-0.39, 0.29) is 24.7 Å². The molecule has 0 fully saturated rings. The first kappa shape index (κ1) is 15.7. The molecule has 106 valence electrons. The van der Waals surface area contributed by atoms with E-state index >= 15 is 0 Å². The number of nitriles is 1. The minimum absolute atomic E-state index is 0.173. The number of hydrogen-bond donors (Lipinski definition) is 2. The van der Waals surface area contributed by atoms with E-state index in [4.69, 9.17) is 11.0 Å². The van der Waals surface area contributed by atoms with E-state index in [2.05, 4.69) is 5.32 Å². The molecule has 0 saturated carbocycles. The van der Waals surface area contributed by atoms with E-state index in [9.17, 15) is 9.59 Å². The first-order chi connectivity index (χ1) is 9.54. The van der Waals surface area contributed by atoms with Gasteiger partial charge in [0, 0.05) is 12.8 Å². The molecule has 0 bridgehead atoms. The molecular formula is C15H19N3O2. The Bertz CT molecular complexity index is 494. The maximum atomic E-state index is 11.8. The van der Waals surface area contributed by atoms with Gasteiger partial charge in [0.15, 0.2) is 0 Å². The van der Waals surface area contributed by atoms with Gasteiger partial charge in [-0.3, -0.25) is 9.59 Å². The topological polar surface area (TPSA) is 96.0 Å². The second-order valence-electron chi connectivity index (χ2n) is 4.77. The van der Waals surface area contributed by atoms with Crippen LogP contribution in [0.4, 0.5) is 0 Å². The Balaban J connectivity index is 2.50. The van der Waals surface area contributed by atoms with Crippen molar-refractivity contribution < 1.29 is 9.59 Å². The van der Waals surface area contributed by atoms with E-state index in [1.807, 2.05) is 36.4 Å². The van der Waals surface area contributed by atoms with Gasteiger partial charge in [-0.15, -0.1) is 0 Å². The highest BCUT2D eigenvalue weighted by Crippen LogP contribution is 2.08. The summed E-state index contributed by atoms with van der Waals surface area (Å²) < 4.78 is 0. The molecule has 2 amide bonds. The van der Waals surface area contributed by atoms with Crippen LogP contribution in [0, 0.1) is 17.2 Å². The van der Waals surface area contributed by atoms with E-state index in [0.717, 1.165) is 5.56 Å². The molecule has 0 heterocycles. The van der Waals surface area contributed by atoms with E-state index in [1.54, 1.807) is 6.92 Å². The predicted octanol–water partition coefficient (Wildman–Crippen LogP) is 1.14. The lowest BCUT2D eigenvalue weighted by atomic mass is 9.98. The number of nitrogens with two attached hydrogens (primary N) is 1. The molecular weight excluding hydrogens is 254 g/mol. The van der Waals surface area contributed by atoms with Gasteiger partial charge >= 0.3 is 0 Å². The van der Waals surface area contributed by atoms with Gasteiger partial charge in [0.25, 0.3) is 0 Å². The van der Waals surface area contributed by atoms with Gasteiger partial charge in [-0.25, -0.2) is 0 Å². The van der Waals surface area contributed by atoms with Gasteiger partial charge in [-0.2, -0.15) is 5.26 Å². The highest BCUT2D eigenvalue weighted by molar-refractivity contribution is 5.86. The standard InChI is InChI=1S/C15H19N3O2/c1-11(9-10-16)14(15(17)20)18-13(19)8-7-12-5-3-2-4-6-12/h2-6,11,14H,7-9H2,1H3,(H2,17,20)(H,18,19)/t11-,14-/m1/s1. The summed E-state index contributed by atoms with van der Waals surface area (Å²) in [6.07, 6.45) is 1.06. The van der Waals surface area contributed by atoms with Crippen LogP contribution in [-0.2, 0) is 16.0 Å². The maximum absolute atomic E-state index is 11.8. The lowest BCUT2D eigenvalue weighted by Crippen LogP contribution is -2.48. The summed E-state index contributed by atoms with van der Waals surface area (Å²) >= 11 is 0. The summed E-state index contributed by atoms with van der Waals surface area (Å²) in [7, 11) is 0. The molecule has 20 heavy (non-hydrogen) atoms. The predicted molar refractivity (Wildman–Crippen MR) is 75.3 cm³/mol. The van der Waals surface area contributed by atoms with Crippen LogP contribution in [0.15, 0.2) is 30.3 Å². The number of primary amides is 1. The number of hydrogen-bond acceptors (Lipinski definition) is 3. The van der Waals surface area contributed by atoms with Crippen molar-refractivity contribution in [2.75, 3.05) is 0 Å². The highest BCUT2D eigenvalue weighted by Gasteiger charge is 2.24. The number of aryl methyl sites for hydroxylation is 1. The molecule has 2 atom stereocenters. The Labute approximate surface area is 118 Å². The lowest BCUT2D eigenvalue weighted by Gasteiger charge is -2.20. The zero-order valence-corrected chi connectivity index (χ0v) is 11.5. The van der Waals surface area contributed by atoms with Crippen LogP contribution in [-0.4, -0.2) is 17.9 Å². The van der Waals surface area contributed by atoms with Crippen molar-refractivity contribution in [1.29, 1.82) is 5.26 Å². The maximum Gasteiger partial charge on any atom is 0.240 e. The average molecular weight is 273 g/mol. The third-order valence-electron chi connectivity index (χ3n) is 3.09. The first-order valence-corrected chi connectivity index (χ1v) is 6.54. The van der Waals surface area contributed by atoms with Crippen molar-refractivity contribution in [2.45, 2.75) is 32.2 Å². The Morgan fingerprint density at radius 1 is 1.35 bits per heavy atom. The molecule has 0 aliphatic heterocycles. The summed E-state index contributed by atoms with van der Waals surface area (Å²) in [5.74, 6) is -1.14. The summed E-state index contributed by atoms with van der Waals surface area (Å²) in [6, 6.07) is 10.8. The number of benzene rings is 1. The summed E-state index contributed by atoms with van der Waals surface area (Å²) in [5.41, 5.74) is 6.32. The fourth-order valence-corrected chi connectivity index (χ4v) is 1.90. The van der Waals surface area contributed by atoms with E-state index < -0.39 is 11.9 Å². The molecule has 5 nitrogen and oxygen atoms in total. The zero-order valence-electron chi connectivity index (χ0n) is 11.5. The number of carbonyl (C=O) groups is 2. The van der Waals surface area contributed by atoms with Gasteiger partial charge < -0.3 is 11.1 Å². The monoisotopic (exact) mass is 273 g/mol.